The first kappa shape index (κ1) is 37.3. The molecule has 1 N–H and O–H groups in total. The summed E-state index contributed by atoms with van der Waals surface area (Å²) in [5, 5.41) is 10.3. The molecule has 0 aromatic heterocycles. The zero-order valence-electron chi connectivity index (χ0n) is 20.8. The van der Waals surface area contributed by atoms with Gasteiger partial charge in [0, 0.05) is 10.4 Å². The molecule has 0 saturated heterocycles. The first-order valence-corrected chi connectivity index (χ1v) is 13.0. The van der Waals surface area contributed by atoms with Crippen LogP contribution in [0.2, 0.25) is 0 Å². The molecule has 2 saturated carbocycles. The summed E-state index contributed by atoms with van der Waals surface area (Å²) < 4.78 is 26.6. The van der Waals surface area contributed by atoms with Gasteiger partial charge in [-0.2, -0.15) is 27.0 Å². The first-order chi connectivity index (χ1) is 15.9. The van der Waals surface area contributed by atoms with Crippen molar-refractivity contribution >= 4 is 49.2 Å². The van der Waals surface area contributed by atoms with E-state index in [2.05, 4.69) is 15.9 Å². The van der Waals surface area contributed by atoms with Crippen molar-refractivity contribution in [1.29, 1.82) is 0 Å². The van der Waals surface area contributed by atoms with Crippen LogP contribution >= 0.6 is 42.9 Å². The molecule has 2 aromatic carbocycles. The van der Waals surface area contributed by atoms with Crippen LogP contribution in [0.5, 0.6) is 0 Å². The number of benzene rings is 2. The van der Waals surface area contributed by atoms with Gasteiger partial charge in [0.15, 0.2) is 0 Å². The summed E-state index contributed by atoms with van der Waals surface area (Å²) in [6.07, 6.45) is 11.8. The Kier molecular flexibility index (Phi) is 20.8. The monoisotopic (exact) mass is 606 g/mol. The van der Waals surface area contributed by atoms with Gasteiger partial charge in [-0.05, 0) is 91.5 Å². The fraction of sp³-hybridized carbons (Fsp3) is 0.552. The van der Waals surface area contributed by atoms with Crippen molar-refractivity contribution in [3.05, 3.63) is 69.2 Å². The fourth-order valence-electron chi connectivity index (χ4n) is 4.60. The van der Waals surface area contributed by atoms with Crippen LogP contribution in [0.25, 0.3) is 0 Å². The van der Waals surface area contributed by atoms with Crippen LogP contribution in [0.4, 0.5) is 8.78 Å². The van der Waals surface area contributed by atoms with E-state index in [-0.39, 0.29) is 46.1 Å². The fourth-order valence-corrected chi connectivity index (χ4v) is 5.13. The lowest BCUT2D eigenvalue weighted by Crippen LogP contribution is -2.11. The van der Waals surface area contributed by atoms with Gasteiger partial charge in [0.2, 0.25) is 0 Å². The summed E-state index contributed by atoms with van der Waals surface area (Å²) in [6.45, 7) is 4.00. The number of carbonyl (C=O) groups excluding carboxylic acids is 1. The van der Waals surface area contributed by atoms with Crippen LogP contribution in [-0.2, 0) is 17.6 Å². The molecule has 0 bridgehead atoms. The van der Waals surface area contributed by atoms with Gasteiger partial charge in [-0.1, -0.05) is 69.0 Å². The summed E-state index contributed by atoms with van der Waals surface area (Å²) in [7, 11) is 0. The molecule has 0 radical (unpaired) electrons. The Morgan fingerprint density at radius 2 is 1.36 bits per heavy atom. The van der Waals surface area contributed by atoms with Crippen LogP contribution in [0.3, 0.4) is 0 Å². The predicted molar refractivity (Wildman–Crippen MR) is 162 cm³/mol. The van der Waals surface area contributed by atoms with Crippen LogP contribution < -0.4 is 0 Å². The lowest BCUT2D eigenvalue weighted by molar-refractivity contribution is -0.110. The van der Waals surface area contributed by atoms with Crippen molar-refractivity contribution in [3.63, 3.8) is 0 Å². The highest BCUT2D eigenvalue weighted by molar-refractivity contribution is 9.10. The molecular weight excluding hydrogens is 562 g/mol. The molecular formula is C29H45BrF2O2S2. The van der Waals surface area contributed by atoms with Crippen LogP contribution in [-0.4, -0.2) is 11.4 Å². The van der Waals surface area contributed by atoms with E-state index in [4.69, 9.17) is 0 Å². The van der Waals surface area contributed by atoms with Gasteiger partial charge in [-0.25, -0.2) is 8.78 Å². The largest absolute Gasteiger partial charge is 0.388 e. The van der Waals surface area contributed by atoms with Gasteiger partial charge in [0.25, 0.3) is 0 Å². The number of rotatable bonds is 5. The summed E-state index contributed by atoms with van der Waals surface area (Å²) in [6, 6.07) is 9.47. The smallest absolute Gasteiger partial charge is 0.123 e. The number of hydrogen-bond donors (Lipinski definition) is 1. The third kappa shape index (κ3) is 12.1. The Balaban J connectivity index is 0. The third-order valence-corrected chi connectivity index (χ3v) is 7.41. The van der Waals surface area contributed by atoms with Crippen molar-refractivity contribution in [2.45, 2.75) is 91.6 Å². The maximum Gasteiger partial charge on any atom is 0.123 e. The maximum atomic E-state index is 13.1. The maximum absolute atomic E-state index is 13.1. The topological polar surface area (TPSA) is 37.3 Å². The normalized spacial score (nSPS) is 15.6. The van der Waals surface area contributed by atoms with E-state index in [0.29, 0.717) is 11.8 Å². The number of halogens is 3. The molecule has 1 atom stereocenters. The average molecular weight is 608 g/mol. The van der Waals surface area contributed by atoms with E-state index in [9.17, 15) is 18.7 Å². The molecule has 2 fully saturated rings. The molecule has 206 valence electrons. The molecule has 2 aliphatic carbocycles. The minimum Gasteiger partial charge on any atom is -0.388 e. The second kappa shape index (κ2) is 20.1. The average Bonchev–Trinajstić information content (AvgIpc) is 3.55. The van der Waals surface area contributed by atoms with Gasteiger partial charge in [0.1, 0.15) is 17.9 Å². The van der Waals surface area contributed by atoms with Crippen molar-refractivity contribution in [2.75, 3.05) is 0 Å². The van der Waals surface area contributed by atoms with E-state index in [1.807, 2.05) is 13.8 Å². The summed E-state index contributed by atoms with van der Waals surface area (Å²) in [5.41, 5.74) is 2.88. The number of hydrogen-bond acceptors (Lipinski definition) is 2. The van der Waals surface area contributed by atoms with Gasteiger partial charge in [-0.15, -0.1) is 0 Å². The second-order valence-electron chi connectivity index (χ2n) is 8.96. The molecule has 2 aliphatic rings. The molecule has 2 aromatic rings. The molecule has 36 heavy (non-hydrogen) atoms. The lowest BCUT2D eigenvalue weighted by Gasteiger charge is -2.20. The highest BCUT2D eigenvalue weighted by atomic mass is 79.9. The number of carbonyl (C=O) groups is 1. The SMILES string of the molecule is C.CCc1cc(F)ccc1Br.CCc1cc(F)ccc1C(O)C1CCCC1.O=CC1CCCC1.S.S. The van der Waals surface area contributed by atoms with Crippen molar-refractivity contribution in [1.82, 2.24) is 0 Å². The number of aliphatic hydroxyl groups is 1. The van der Waals surface area contributed by atoms with Gasteiger partial charge >= 0.3 is 0 Å². The Morgan fingerprint density at radius 1 is 0.889 bits per heavy atom. The Hall–Kier alpha value is -0.890. The number of aldehydes is 1. The van der Waals surface area contributed by atoms with Crippen molar-refractivity contribution in [2.24, 2.45) is 11.8 Å². The minimum absolute atomic E-state index is 0. The van der Waals surface area contributed by atoms with Crippen LogP contribution in [0.15, 0.2) is 40.9 Å². The van der Waals surface area contributed by atoms with Crippen molar-refractivity contribution < 1.29 is 18.7 Å². The molecule has 7 heteroatoms. The Labute approximate surface area is 239 Å². The first-order valence-electron chi connectivity index (χ1n) is 12.2. The predicted octanol–water partition coefficient (Wildman–Crippen LogP) is 9.00. The molecule has 2 nitrogen and oxygen atoms in total. The van der Waals surface area contributed by atoms with Crippen LogP contribution in [0, 0.1) is 23.5 Å². The van der Waals surface area contributed by atoms with E-state index in [1.54, 1.807) is 24.3 Å². The van der Waals surface area contributed by atoms with Gasteiger partial charge < -0.3 is 9.90 Å². The van der Waals surface area contributed by atoms with E-state index >= 15 is 0 Å². The van der Waals surface area contributed by atoms with E-state index < -0.39 is 6.10 Å². The molecule has 0 amide bonds. The summed E-state index contributed by atoms with van der Waals surface area (Å²) in [5.74, 6) is 0.412. The minimum atomic E-state index is -0.405. The third-order valence-electron chi connectivity index (χ3n) is 6.63. The van der Waals surface area contributed by atoms with Crippen LogP contribution in [0.1, 0.15) is 95.4 Å². The molecule has 4 rings (SSSR count). The molecule has 0 spiro atoms. The molecule has 0 aliphatic heterocycles. The lowest BCUT2D eigenvalue weighted by atomic mass is 9.90. The van der Waals surface area contributed by atoms with Crippen molar-refractivity contribution in [3.8, 4) is 0 Å². The van der Waals surface area contributed by atoms with E-state index in [0.717, 1.165) is 66.0 Å². The highest BCUT2D eigenvalue weighted by Gasteiger charge is 2.25. The number of aryl methyl sites for hydroxylation is 2. The van der Waals surface area contributed by atoms with E-state index in [1.165, 1.54) is 37.8 Å². The quantitative estimate of drug-likeness (QED) is 0.345. The second-order valence-corrected chi connectivity index (χ2v) is 9.81. The number of aliphatic hydroxyl groups excluding tert-OH is 1. The molecule has 0 heterocycles. The zero-order chi connectivity index (χ0) is 24.2. The Morgan fingerprint density at radius 3 is 1.81 bits per heavy atom. The summed E-state index contributed by atoms with van der Waals surface area (Å²) in [4.78, 5) is 10.0. The van der Waals surface area contributed by atoms with Gasteiger partial charge in [0.05, 0.1) is 6.10 Å². The summed E-state index contributed by atoms with van der Waals surface area (Å²) >= 11 is 3.32. The van der Waals surface area contributed by atoms with Gasteiger partial charge in [-0.3, -0.25) is 0 Å². The molecule has 1 unspecified atom stereocenters. The Bertz CT molecular complexity index is 870. The standard InChI is InChI=1S/C14H19FO.C8H8BrF.C6H10O.CH4.2H2S/c1-2-10-9-12(15)7-8-13(10)14(16)11-5-3-4-6-11;1-2-6-5-7(10)3-4-8(6)9;7-5-6-3-1-2-4-6;;;/h7-9,11,14,16H,2-6H2,1H3;3-5H,2H2,1H3;5-6H,1-4H2;1H4;2*1H2. The zero-order valence-corrected chi connectivity index (χ0v) is 24.4. The highest BCUT2D eigenvalue weighted by Crippen LogP contribution is 2.37.